The highest BCUT2D eigenvalue weighted by atomic mass is 16.5. The van der Waals surface area contributed by atoms with Crippen LogP contribution in [0.1, 0.15) is 23.0 Å². The molecule has 82 valence electrons. The molecule has 0 spiro atoms. The maximum Gasteiger partial charge on any atom is 0.338 e. The molecule has 0 atom stereocenters. The van der Waals surface area contributed by atoms with Crippen LogP contribution in [0.3, 0.4) is 0 Å². The molecule has 0 aliphatic carbocycles. The van der Waals surface area contributed by atoms with E-state index in [9.17, 15) is 4.79 Å². The van der Waals surface area contributed by atoms with Gasteiger partial charge in [-0.1, -0.05) is 12.1 Å². The Kier molecular flexibility index (Phi) is 2.77. The Morgan fingerprint density at radius 3 is 2.94 bits per heavy atom. The predicted octanol–water partition coefficient (Wildman–Crippen LogP) is 2.99. The van der Waals surface area contributed by atoms with Crippen LogP contribution in [0.5, 0.6) is 0 Å². The number of carbonyl (C=O) groups is 1. The van der Waals surface area contributed by atoms with E-state index in [1.165, 1.54) is 7.11 Å². The van der Waals surface area contributed by atoms with Gasteiger partial charge in [-0.3, -0.25) is 0 Å². The number of hydrogen-bond donors (Lipinski definition) is 1. The summed E-state index contributed by atoms with van der Waals surface area (Å²) in [6.45, 7) is 1.95. The van der Waals surface area contributed by atoms with Gasteiger partial charge < -0.3 is 9.72 Å². The van der Waals surface area contributed by atoms with Crippen LogP contribution in [0.4, 0.5) is 0 Å². The summed E-state index contributed by atoms with van der Waals surface area (Å²) < 4.78 is 4.74. The van der Waals surface area contributed by atoms with Gasteiger partial charge in [0.25, 0.3) is 0 Å². The van der Waals surface area contributed by atoms with Crippen LogP contribution in [0.15, 0.2) is 30.3 Å². The predicted molar refractivity (Wildman–Crippen MR) is 64.3 cm³/mol. The van der Waals surface area contributed by atoms with Gasteiger partial charge in [0.1, 0.15) is 0 Å². The highest BCUT2D eigenvalue weighted by molar-refractivity contribution is 6.04. The molecule has 1 heterocycles. The fourth-order valence-corrected chi connectivity index (χ4v) is 1.73. The van der Waals surface area contributed by atoms with Crippen molar-refractivity contribution in [1.82, 2.24) is 4.98 Å². The molecule has 0 bridgehead atoms. The van der Waals surface area contributed by atoms with Gasteiger partial charge in [0.05, 0.1) is 12.7 Å². The number of nitrogens with one attached hydrogen (secondary N) is 1. The van der Waals surface area contributed by atoms with Gasteiger partial charge in [0, 0.05) is 16.6 Å². The fraction of sp³-hybridized carbons (Fsp3) is 0.154. The highest BCUT2D eigenvalue weighted by Gasteiger charge is 2.11. The largest absolute Gasteiger partial charge is 0.465 e. The second-order valence-electron chi connectivity index (χ2n) is 3.48. The van der Waals surface area contributed by atoms with Crippen molar-refractivity contribution in [3.8, 4) is 0 Å². The van der Waals surface area contributed by atoms with Crippen molar-refractivity contribution in [2.45, 2.75) is 6.92 Å². The summed E-state index contributed by atoms with van der Waals surface area (Å²) in [5.74, 6) is -0.309. The molecular weight excluding hydrogens is 202 g/mol. The smallest absolute Gasteiger partial charge is 0.338 e. The van der Waals surface area contributed by atoms with E-state index >= 15 is 0 Å². The van der Waals surface area contributed by atoms with Gasteiger partial charge in [-0.2, -0.15) is 0 Å². The number of ether oxygens (including phenoxy) is 1. The first-order valence-corrected chi connectivity index (χ1v) is 5.09. The summed E-state index contributed by atoms with van der Waals surface area (Å²) in [5, 5.41) is 0.891. The number of fused-ring (bicyclic) bond motifs is 1. The third-order valence-corrected chi connectivity index (χ3v) is 2.44. The van der Waals surface area contributed by atoms with Crippen LogP contribution < -0.4 is 0 Å². The number of rotatable bonds is 2. The molecule has 0 unspecified atom stereocenters. The minimum Gasteiger partial charge on any atom is -0.465 e. The molecule has 1 aromatic carbocycles. The van der Waals surface area contributed by atoms with Gasteiger partial charge in [0.2, 0.25) is 0 Å². The summed E-state index contributed by atoms with van der Waals surface area (Å²) in [7, 11) is 1.39. The first-order valence-electron chi connectivity index (χ1n) is 5.09. The summed E-state index contributed by atoms with van der Waals surface area (Å²) in [4.78, 5) is 14.8. The molecular formula is C13H13NO2. The van der Waals surface area contributed by atoms with Gasteiger partial charge in [-0.25, -0.2) is 4.79 Å². The number of methoxy groups -OCH3 is 1. The summed E-state index contributed by atoms with van der Waals surface area (Å²) >= 11 is 0. The zero-order chi connectivity index (χ0) is 11.5. The van der Waals surface area contributed by atoms with Gasteiger partial charge in [0.15, 0.2) is 0 Å². The lowest BCUT2D eigenvalue weighted by Gasteiger charge is -1.99. The molecule has 0 saturated carbocycles. The van der Waals surface area contributed by atoms with Crippen LogP contribution in [0.2, 0.25) is 0 Å². The van der Waals surface area contributed by atoms with Crippen LogP contribution in [0, 0.1) is 0 Å². The van der Waals surface area contributed by atoms with Crippen LogP contribution in [-0.4, -0.2) is 18.1 Å². The van der Waals surface area contributed by atoms with Crippen molar-refractivity contribution in [3.63, 3.8) is 0 Å². The maximum atomic E-state index is 11.5. The highest BCUT2D eigenvalue weighted by Crippen LogP contribution is 2.21. The number of aromatic amines is 1. The van der Waals surface area contributed by atoms with Crippen molar-refractivity contribution in [1.29, 1.82) is 0 Å². The number of H-pyrrole nitrogens is 1. The van der Waals surface area contributed by atoms with E-state index in [1.807, 2.05) is 37.3 Å². The van der Waals surface area contributed by atoms with Crippen molar-refractivity contribution in [2.75, 3.05) is 7.11 Å². The number of hydrogen-bond acceptors (Lipinski definition) is 2. The van der Waals surface area contributed by atoms with Crippen molar-refractivity contribution >= 4 is 22.9 Å². The van der Waals surface area contributed by atoms with E-state index in [0.29, 0.717) is 5.56 Å². The monoisotopic (exact) mass is 215 g/mol. The van der Waals surface area contributed by atoms with Gasteiger partial charge in [-0.15, -0.1) is 0 Å². The van der Waals surface area contributed by atoms with E-state index in [4.69, 9.17) is 4.74 Å². The Labute approximate surface area is 93.7 Å². The van der Waals surface area contributed by atoms with E-state index in [2.05, 4.69) is 4.98 Å². The van der Waals surface area contributed by atoms with E-state index in [0.717, 1.165) is 16.6 Å². The van der Waals surface area contributed by atoms with Crippen molar-refractivity contribution < 1.29 is 9.53 Å². The maximum absolute atomic E-state index is 11.5. The van der Waals surface area contributed by atoms with Crippen molar-refractivity contribution in [2.24, 2.45) is 0 Å². The Balaban J connectivity index is 2.62. The zero-order valence-corrected chi connectivity index (χ0v) is 9.28. The lowest BCUT2D eigenvalue weighted by molar-refractivity contribution is 0.0603. The second-order valence-corrected chi connectivity index (χ2v) is 3.48. The Morgan fingerprint density at radius 1 is 1.44 bits per heavy atom. The van der Waals surface area contributed by atoms with Gasteiger partial charge >= 0.3 is 5.97 Å². The minimum atomic E-state index is -0.309. The fourth-order valence-electron chi connectivity index (χ4n) is 1.73. The lowest BCUT2D eigenvalue weighted by atomic mass is 10.1. The number of aromatic nitrogens is 1. The molecule has 0 aliphatic rings. The quantitative estimate of drug-likeness (QED) is 0.782. The van der Waals surface area contributed by atoms with Crippen molar-refractivity contribution in [3.05, 3.63) is 41.6 Å². The minimum absolute atomic E-state index is 0.309. The lowest BCUT2D eigenvalue weighted by Crippen LogP contribution is -2.00. The SMILES string of the molecule is C/C=C/c1cc2c(C(=O)OC)cccc2[nH]1. The molecule has 0 fully saturated rings. The molecule has 0 amide bonds. The first kappa shape index (κ1) is 10.5. The third-order valence-electron chi connectivity index (χ3n) is 2.44. The average Bonchev–Trinajstić information content (AvgIpc) is 2.70. The number of allylic oxidation sites excluding steroid dienone is 1. The Morgan fingerprint density at radius 2 is 2.25 bits per heavy atom. The molecule has 3 nitrogen and oxygen atoms in total. The molecule has 2 rings (SSSR count). The normalized spacial score (nSPS) is 11.1. The van der Waals surface area contributed by atoms with Crippen LogP contribution >= 0.6 is 0 Å². The Bertz CT molecular complexity index is 552. The van der Waals surface area contributed by atoms with Crippen LogP contribution in [0.25, 0.3) is 17.0 Å². The molecule has 3 heteroatoms. The number of esters is 1. The standard InChI is InChI=1S/C13H13NO2/c1-3-5-9-8-11-10(13(15)16-2)6-4-7-12(11)14-9/h3-8,14H,1-2H3/b5-3+. The van der Waals surface area contributed by atoms with Crippen LogP contribution in [-0.2, 0) is 4.74 Å². The van der Waals surface area contributed by atoms with E-state index < -0.39 is 0 Å². The third kappa shape index (κ3) is 1.72. The van der Waals surface area contributed by atoms with E-state index in [-0.39, 0.29) is 5.97 Å². The number of carbonyl (C=O) groups excluding carboxylic acids is 1. The number of benzene rings is 1. The summed E-state index contributed by atoms with van der Waals surface area (Å²) in [6, 6.07) is 7.49. The molecule has 2 aromatic rings. The zero-order valence-electron chi connectivity index (χ0n) is 9.28. The first-order chi connectivity index (χ1) is 7.76. The second kappa shape index (κ2) is 4.23. The Hall–Kier alpha value is -2.03. The molecule has 16 heavy (non-hydrogen) atoms. The summed E-state index contributed by atoms with van der Waals surface area (Å²) in [5.41, 5.74) is 2.51. The van der Waals surface area contributed by atoms with Gasteiger partial charge in [-0.05, 0) is 31.2 Å². The topological polar surface area (TPSA) is 42.1 Å². The molecule has 0 saturated heterocycles. The molecule has 1 aromatic heterocycles. The van der Waals surface area contributed by atoms with E-state index in [1.54, 1.807) is 6.07 Å². The summed E-state index contributed by atoms with van der Waals surface area (Å²) in [6.07, 6.45) is 3.91. The molecule has 0 aliphatic heterocycles. The molecule has 1 N–H and O–H groups in total. The average molecular weight is 215 g/mol. The molecule has 0 radical (unpaired) electrons.